The maximum atomic E-state index is 12.7. The Labute approximate surface area is 72.2 Å². The number of anilines is 1. The fraction of sp³-hybridized carbons (Fsp3) is 0.250. The fourth-order valence-electron chi connectivity index (χ4n) is 0.995. The zero-order valence-electron chi connectivity index (χ0n) is 6.74. The van der Waals surface area contributed by atoms with Crippen molar-refractivity contribution in [2.24, 2.45) is 0 Å². The van der Waals surface area contributed by atoms with Gasteiger partial charge in [-0.15, -0.1) is 0 Å². The lowest BCUT2D eigenvalue weighted by Crippen LogP contribution is -2.09. The van der Waals surface area contributed by atoms with Crippen molar-refractivity contribution >= 4 is 5.69 Å². The van der Waals surface area contributed by atoms with Crippen LogP contribution in [0.5, 0.6) is 0 Å². The van der Waals surface area contributed by atoms with Gasteiger partial charge in [-0.25, -0.2) is 4.39 Å². The van der Waals surface area contributed by atoms with E-state index in [-0.39, 0.29) is 5.56 Å². The third-order valence-electron chi connectivity index (χ3n) is 1.65. The van der Waals surface area contributed by atoms with Gasteiger partial charge in [0, 0.05) is 0 Å². The fourth-order valence-corrected chi connectivity index (χ4v) is 0.995. The van der Waals surface area contributed by atoms with Gasteiger partial charge in [0.2, 0.25) is 0 Å². The van der Waals surface area contributed by atoms with Crippen molar-refractivity contribution in [1.29, 1.82) is 0 Å². The van der Waals surface area contributed by atoms with E-state index in [9.17, 15) is 17.6 Å². The average Bonchev–Trinajstić information content (AvgIpc) is 1.94. The monoisotopic (exact) mass is 193 g/mol. The Balaban J connectivity index is 3.32. The zero-order valence-corrected chi connectivity index (χ0v) is 6.74. The summed E-state index contributed by atoms with van der Waals surface area (Å²) in [6, 6.07) is 1.38. The molecule has 0 bridgehead atoms. The summed E-state index contributed by atoms with van der Waals surface area (Å²) in [5.74, 6) is -0.828. The summed E-state index contributed by atoms with van der Waals surface area (Å²) in [6.45, 7) is 1.19. The first-order valence-corrected chi connectivity index (χ1v) is 3.45. The third-order valence-corrected chi connectivity index (χ3v) is 1.65. The minimum absolute atomic E-state index is 0.167. The quantitative estimate of drug-likeness (QED) is 0.497. The highest BCUT2D eigenvalue weighted by Crippen LogP contribution is 2.33. The molecule has 0 aliphatic heterocycles. The molecule has 2 N–H and O–H groups in total. The molecular weight excluding hydrogens is 186 g/mol. The molecule has 0 heterocycles. The first kappa shape index (κ1) is 9.83. The second kappa shape index (κ2) is 2.90. The average molecular weight is 193 g/mol. The predicted octanol–water partition coefficient (Wildman–Crippen LogP) is 2.74. The van der Waals surface area contributed by atoms with Crippen LogP contribution in [0.15, 0.2) is 12.1 Å². The van der Waals surface area contributed by atoms with Crippen LogP contribution in [-0.2, 0) is 6.18 Å². The van der Waals surface area contributed by atoms with Crippen molar-refractivity contribution in [3.05, 3.63) is 29.1 Å². The van der Waals surface area contributed by atoms with E-state index in [1.165, 1.54) is 6.92 Å². The van der Waals surface area contributed by atoms with Gasteiger partial charge < -0.3 is 5.73 Å². The van der Waals surface area contributed by atoms with E-state index in [1.54, 1.807) is 0 Å². The van der Waals surface area contributed by atoms with Crippen LogP contribution in [0.1, 0.15) is 11.1 Å². The van der Waals surface area contributed by atoms with Gasteiger partial charge in [0.15, 0.2) is 0 Å². The molecule has 1 nitrogen and oxygen atoms in total. The smallest absolute Gasteiger partial charge is 0.396 e. The van der Waals surface area contributed by atoms with Gasteiger partial charge in [-0.05, 0) is 24.6 Å². The first-order valence-electron chi connectivity index (χ1n) is 3.45. The third kappa shape index (κ3) is 1.91. The molecule has 0 unspecified atom stereocenters. The molecule has 1 aromatic rings. The largest absolute Gasteiger partial charge is 0.416 e. The topological polar surface area (TPSA) is 26.0 Å². The molecule has 1 aromatic carbocycles. The van der Waals surface area contributed by atoms with Crippen molar-refractivity contribution in [1.82, 2.24) is 0 Å². The van der Waals surface area contributed by atoms with Gasteiger partial charge in [-0.2, -0.15) is 13.2 Å². The number of hydrogen-bond donors (Lipinski definition) is 1. The van der Waals surface area contributed by atoms with Crippen LogP contribution in [0.3, 0.4) is 0 Å². The van der Waals surface area contributed by atoms with Gasteiger partial charge >= 0.3 is 6.18 Å². The van der Waals surface area contributed by atoms with E-state index >= 15 is 0 Å². The summed E-state index contributed by atoms with van der Waals surface area (Å²) in [5, 5.41) is 0. The van der Waals surface area contributed by atoms with Gasteiger partial charge in [0.25, 0.3) is 0 Å². The first-order chi connectivity index (χ1) is 5.82. The van der Waals surface area contributed by atoms with Crippen LogP contribution in [0.2, 0.25) is 0 Å². The lowest BCUT2D eigenvalue weighted by atomic mass is 10.1. The summed E-state index contributed by atoms with van der Waals surface area (Å²) in [7, 11) is 0. The Bertz CT molecular complexity index is 330. The molecule has 0 aliphatic carbocycles. The van der Waals surface area contributed by atoms with Gasteiger partial charge in [-0.3, -0.25) is 0 Å². The Hall–Kier alpha value is -1.26. The van der Waals surface area contributed by atoms with E-state index in [2.05, 4.69) is 0 Å². The highest BCUT2D eigenvalue weighted by molar-refractivity contribution is 5.46. The molecule has 72 valence electrons. The molecule has 0 spiro atoms. The van der Waals surface area contributed by atoms with Crippen LogP contribution in [0.25, 0.3) is 0 Å². The number of rotatable bonds is 0. The molecule has 0 aliphatic rings. The van der Waals surface area contributed by atoms with Crippen molar-refractivity contribution in [2.75, 3.05) is 5.73 Å². The van der Waals surface area contributed by atoms with Gasteiger partial charge in [-0.1, -0.05) is 0 Å². The predicted molar refractivity (Wildman–Crippen MR) is 40.6 cm³/mol. The Morgan fingerprint density at radius 1 is 1.23 bits per heavy atom. The van der Waals surface area contributed by atoms with Crippen molar-refractivity contribution in [2.45, 2.75) is 13.1 Å². The standard InChI is InChI=1S/C8H7F4N/c1-4-2-6(9)7(13)3-5(4)8(10,11)12/h2-3H,13H2,1H3. The SMILES string of the molecule is Cc1cc(F)c(N)cc1C(F)(F)F. The minimum atomic E-state index is -4.48. The molecule has 0 saturated heterocycles. The number of nitrogens with two attached hydrogens (primary N) is 1. The number of alkyl halides is 3. The van der Waals surface area contributed by atoms with Crippen LogP contribution in [0.4, 0.5) is 23.2 Å². The molecule has 13 heavy (non-hydrogen) atoms. The summed E-state index contributed by atoms with van der Waals surface area (Å²) < 4.78 is 49.2. The molecule has 0 aromatic heterocycles. The highest BCUT2D eigenvalue weighted by atomic mass is 19.4. The van der Waals surface area contributed by atoms with Gasteiger partial charge in [0.05, 0.1) is 11.3 Å². The number of aryl methyl sites for hydroxylation is 1. The maximum absolute atomic E-state index is 12.7. The molecule has 1 rings (SSSR count). The normalized spacial score (nSPS) is 11.8. The lowest BCUT2D eigenvalue weighted by molar-refractivity contribution is -0.138. The molecule has 0 atom stereocenters. The van der Waals surface area contributed by atoms with Crippen LogP contribution < -0.4 is 5.73 Å². The van der Waals surface area contributed by atoms with Crippen LogP contribution in [-0.4, -0.2) is 0 Å². The van der Waals surface area contributed by atoms with E-state index < -0.39 is 23.2 Å². The van der Waals surface area contributed by atoms with Crippen LogP contribution in [0, 0.1) is 12.7 Å². The zero-order chi connectivity index (χ0) is 10.2. The molecule has 0 radical (unpaired) electrons. The molecule has 5 heteroatoms. The number of nitrogen functional groups attached to an aromatic ring is 1. The summed E-state index contributed by atoms with van der Waals surface area (Å²) in [5.41, 5.74) is 3.46. The number of halogens is 4. The van der Waals surface area contributed by atoms with E-state index in [0.29, 0.717) is 6.07 Å². The van der Waals surface area contributed by atoms with E-state index in [0.717, 1.165) is 6.07 Å². The Kier molecular flexibility index (Phi) is 2.19. The second-order valence-electron chi connectivity index (χ2n) is 2.69. The van der Waals surface area contributed by atoms with E-state index in [1.807, 2.05) is 0 Å². The Morgan fingerprint density at radius 2 is 1.77 bits per heavy atom. The van der Waals surface area contributed by atoms with Crippen LogP contribution >= 0.6 is 0 Å². The van der Waals surface area contributed by atoms with Crippen molar-refractivity contribution in [3.63, 3.8) is 0 Å². The van der Waals surface area contributed by atoms with Gasteiger partial charge in [0.1, 0.15) is 5.82 Å². The molecular formula is C8H7F4N. The van der Waals surface area contributed by atoms with Crippen molar-refractivity contribution < 1.29 is 17.6 Å². The summed E-state index contributed by atoms with van der Waals surface area (Å²) >= 11 is 0. The summed E-state index contributed by atoms with van der Waals surface area (Å²) in [6.07, 6.45) is -4.48. The van der Waals surface area contributed by atoms with E-state index in [4.69, 9.17) is 5.73 Å². The highest BCUT2D eigenvalue weighted by Gasteiger charge is 2.32. The molecule has 0 saturated carbocycles. The maximum Gasteiger partial charge on any atom is 0.416 e. The molecule has 0 amide bonds. The Morgan fingerprint density at radius 3 is 2.23 bits per heavy atom. The molecule has 0 fully saturated rings. The summed E-state index contributed by atoms with van der Waals surface area (Å²) in [4.78, 5) is 0. The number of hydrogen-bond acceptors (Lipinski definition) is 1. The number of benzene rings is 1. The van der Waals surface area contributed by atoms with Crippen molar-refractivity contribution in [3.8, 4) is 0 Å². The lowest BCUT2D eigenvalue weighted by Gasteiger charge is -2.10. The second-order valence-corrected chi connectivity index (χ2v) is 2.69. The minimum Gasteiger partial charge on any atom is -0.396 e.